The number of carboxylic acid groups (broad SMARTS) is 1. The van der Waals surface area contributed by atoms with Gasteiger partial charge < -0.3 is 5.11 Å². The quantitative estimate of drug-likeness (QED) is 0.786. The largest absolute Gasteiger partial charge is 0.476 e. The van der Waals surface area contributed by atoms with Crippen LogP contribution in [0.5, 0.6) is 0 Å². The van der Waals surface area contributed by atoms with Crippen molar-refractivity contribution < 1.29 is 9.90 Å². The van der Waals surface area contributed by atoms with E-state index >= 15 is 0 Å². The summed E-state index contributed by atoms with van der Waals surface area (Å²) in [6, 6.07) is 0. The molecule has 13 heavy (non-hydrogen) atoms. The first-order valence-corrected chi connectivity index (χ1v) is 4.32. The molecule has 5 heteroatoms. The van der Waals surface area contributed by atoms with Gasteiger partial charge in [0.15, 0.2) is 10.8 Å². The second-order valence-electron chi connectivity index (χ2n) is 3.01. The third-order valence-corrected chi connectivity index (χ3v) is 2.23. The molecule has 0 spiro atoms. The van der Waals surface area contributed by atoms with Crippen LogP contribution in [0.3, 0.4) is 0 Å². The van der Waals surface area contributed by atoms with Gasteiger partial charge in [0, 0.05) is 5.92 Å². The lowest BCUT2D eigenvalue weighted by atomic mass is 10.3. The lowest BCUT2D eigenvalue weighted by Crippen LogP contribution is -2.04. The highest BCUT2D eigenvalue weighted by Crippen LogP contribution is 2.41. The van der Waals surface area contributed by atoms with Crippen molar-refractivity contribution in [2.45, 2.75) is 18.8 Å². The Bertz CT molecular complexity index is 363. The van der Waals surface area contributed by atoms with Crippen molar-refractivity contribution >= 4 is 17.6 Å². The number of halogens is 1. The highest BCUT2D eigenvalue weighted by atomic mass is 35.5. The fourth-order valence-corrected chi connectivity index (χ4v) is 1.35. The minimum Gasteiger partial charge on any atom is -0.476 e. The number of aromatic carboxylic acids is 1. The minimum atomic E-state index is -1.06. The molecule has 0 aromatic carbocycles. The molecule has 1 fully saturated rings. The Morgan fingerprint density at radius 2 is 2.31 bits per heavy atom. The number of carboxylic acids is 1. The van der Waals surface area contributed by atoms with Gasteiger partial charge in [0.2, 0.25) is 0 Å². The maximum absolute atomic E-state index is 10.6. The maximum atomic E-state index is 10.6. The summed E-state index contributed by atoms with van der Waals surface area (Å²) in [5.74, 6) is -0.745. The standard InChI is InChI=1S/C8H7ClN2O2/c9-7-6(4-1-2-4)11-5(3-10-7)8(12)13/h3-4H,1-2H2,(H,12,13). The lowest BCUT2D eigenvalue weighted by Gasteiger charge is -2.00. The van der Waals surface area contributed by atoms with Gasteiger partial charge in [0.05, 0.1) is 11.9 Å². The van der Waals surface area contributed by atoms with E-state index in [1.165, 1.54) is 6.20 Å². The molecule has 0 amide bonds. The maximum Gasteiger partial charge on any atom is 0.356 e. The van der Waals surface area contributed by atoms with Gasteiger partial charge in [-0.3, -0.25) is 0 Å². The normalized spacial score (nSPS) is 15.8. The highest BCUT2D eigenvalue weighted by molar-refractivity contribution is 6.30. The predicted molar refractivity (Wildman–Crippen MR) is 46.0 cm³/mol. The number of rotatable bonds is 2. The molecule has 4 nitrogen and oxygen atoms in total. The third kappa shape index (κ3) is 1.62. The van der Waals surface area contributed by atoms with Crippen molar-refractivity contribution in [3.05, 3.63) is 22.7 Å². The van der Waals surface area contributed by atoms with Gasteiger partial charge in [-0.05, 0) is 12.8 Å². The number of carbonyl (C=O) groups is 1. The van der Waals surface area contributed by atoms with Crippen LogP contribution in [0.4, 0.5) is 0 Å². The van der Waals surface area contributed by atoms with Crippen LogP contribution in [0.25, 0.3) is 0 Å². The van der Waals surface area contributed by atoms with Gasteiger partial charge in [-0.25, -0.2) is 14.8 Å². The van der Waals surface area contributed by atoms with Gasteiger partial charge in [0.25, 0.3) is 0 Å². The molecule has 1 aliphatic rings. The average Bonchev–Trinajstić information content (AvgIpc) is 2.87. The first-order chi connectivity index (χ1) is 6.18. The number of aromatic nitrogens is 2. The monoisotopic (exact) mass is 198 g/mol. The Balaban J connectivity index is 2.41. The van der Waals surface area contributed by atoms with E-state index in [1.807, 2.05) is 0 Å². The molecule has 2 rings (SSSR count). The summed E-state index contributed by atoms with van der Waals surface area (Å²) < 4.78 is 0. The summed E-state index contributed by atoms with van der Waals surface area (Å²) >= 11 is 5.77. The van der Waals surface area contributed by atoms with Crippen molar-refractivity contribution in [1.82, 2.24) is 9.97 Å². The number of nitrogens with zero attached hydrogens (tertiary/aromatic N) is 2. The SMILES string of the molecule is O=C(O)c1cnc(Cl)c(C2CC2)n1. The Morgan fingerprint density at radius 3 is 2.85 bits per heavy atom. The molecule has 0 radical (unpaired) electrons. The average molecular weight is 199 g/mol. The van der Waals surface area contributed by atoms with E-state index in [-0.39, 0.29) is 5.69 Å². The summed E-state index contributed by atoms with van der Waals surface area (Å²) in [5, 5.41) is 8.98. The summed E-state index contributed by atoms with van der Waals surface area (Å²) in [4.78, 5) is 18.3. The second-order valence-corrected chi connectivity index (χ2v) is 3.37. The molecule has 1 heterocycles. The van der Waals surface area contributed by atoms with E-state index in [4.69, 9.17) is 16.7 Å². The summed E-state index contributed by atoms with van der Waals surface area (Å²) in [6.07, 6.45) is 3.23. The van der Waals surface area contributed by atoms with E-state index in [9.17, 15) is 4.79 Å². The Kier molecular flexibility index (Phi) is 1.92. The molecule has 0 bridgehead atoms. The Hall–Kier alpha value is -1.16. The van der Waals surface area contributed by atoms with Crippen molar-refractivity contribution in [2.24, 2.45) is 0 Å². The van der Waals surface area contributed by atoms with Crippen molar-refractivity contribution in [3.8, 4) is 0 Å². The molecule has 0 unspecified atom stereocenters. The van der Waals surface area contributed by atoms with Crippen LogP contribution in [0.1, 0.15) is 34.9 Å². The van der Waals surface area contributed by atoms with E-state index in [1.54, 1.807) is 0 Å². The predicted octanol–water partition coefficient (Wildman–Crippen LogP) is 1.71. The van der Waals surface area contributed by atoms with Crippen molar-refractivity contribution in [1.29, 1.82) is 0 Å². The number of hydrogen-bond donors (Lipinski definition) is 1. The van der Waals surface area contributed by atoms with E-state index in [0.29, 0.717) is 16.8 Å². The first-order valence-electron chi connectivity index (χ1n) is 3.94. The van der Waals surface area contributed by atoms with Crippen LogP contribution in [-0.4, -0.2) is 21.0 Å². The van der Waals surface area contributed by atoms with Crippen molar-refractivity contribution in [2.75, 3.05) is 0 Å². The van der Waals surface area contributed by atoms with Gasteiger partial charge >= 0.3 is 5.97 Å². The number of hydrogen-bond acceptors (Lipinski definition) is 3. The smallest absolute Gasteiger partial charge is 0.356 e. The van der Waals surface area contributed by atoms with Gasteiger partial charge in [-0.2, -0.15) is 0 Å². The summed E-state index contributed by atoms with van der Waals surface area (Å²) in [7, 11) is 0. The zero-order valence-corrected chi connectivity index (χ0v) is 7.45. The van der Waals surface area contributed by atoms with Crippen LogP contribution < -0.4 is 0 Å². The van der Waals surface area contributed by atoms with Crippen LogP contribution >= 0.6 is 11.6 Å². The topological polar surface area (TPSA) is 63.1 Å². The molecule has 1 N–H and O–H groups in total. The Labute approximate surface area is 79.6 Å². The second kappa shape index (κ2) is 2.96. The van der Waals surface area contributed by atoms with Gasteiger partial charge in [-0.1, -0.05) is 11.6 Å². The molecule has 1 aromatic heterocycles. The molecule has 1 aromatic rings. The van der Waals surface area contributed by atoms with Crippen molar-refractivity contribution in [3.63, 3.8) is 0 Å². The van der Waals surface area contributed by atoms with Gasteiger partial charge in [-0.15, -0.1) is 0 Å². The molecule has 0 aliphatic heterocycles. The molecule has 0 saturated heterocycles. The highest BCUT2D eigenvalue weighted by Gasteiger charge is 2.28. The summed E-state index contributed by atoms with van der Waals surface area (Å²) in [5.41, 5.74) is 0.591. The fourth-order valence-electron chi connectivity index (χ4n) is 1.11. The van der Waals surface area contributed by atoms with Crippen LogP contribution in [0.15, 0.2) is 6.20 Å². The molecule has 1 saturated carbocycles. The lowest BCUT2D eigenvalue weighted by molar-refractivity contribution is 0.0689. The molecular formula is C8H7ClN2O2. The zero-order chi connectivity index (χ0) is 9.42. The molecular weight excluding hydrogens is 192 g/mol. The molecule has 0 atom stereocenters. The molecule has 68 valence electrons. The summed E-state index contributed by atoms with van der Waals surface area (Å²) in [6.45, 7) is 0. The van der Waals surface area contributed by atoms with E-state index < -0.39 is 5.97 Å². The van der Waals surface area contributed by atoms with Crippen LogP contribution in [0, 0.1) is 0 Å². The third-order valence-electron chi connectivity index (χ3n) is 1.94. The minimum absolute atomic E-state index is 0.0358. The molecule has 1 aliphatic carbocycles. The van der Waals surface area contributed by atoms with Gasteiger partial charge in [0.1, 0.15) is 0 Å². The Morgan fingerprint density at radius 1 is 1.62 bits per heavy atom. The fraction of sp³-hybridized carbons (Fsp3) is 0.375. The van der Waals surface area contributed by atoms with E-state index in [0.717, 1.165) is 12.8 Å². The zero-order valence-electron chi connectivity index (χ0n) is 6.70. The van der Waals surface area contributed by atoms with E-state index in [2.05, 4.69) is 9.97 Å². The van der Waals surface area contributed by atoms with Crippen LogP contribution in [-0.2, 0) is 0 Å². The first kappa shape index (κ1) is 8.44. The van der Waals surface area contributed by atoms with Crippen LogP contribution in [0.2, 0.25) is 5.15 Å².